The van der Waals surface area contributed by atoms with E-state index in [2.05, 4.69) is 33.6 Å². The fraction of sp³-hybridized carbons (Fsp3) is 0.909. The zero-order valence-electron chi connectivity index (χ0n) is 9.95. The van der Waals surface area contributed by atoms with Gasteiger partial charge in [-0.1, -0.05) is 0 Å². The van der Waals surface area contributed by atoms with Gasteiger partial charge in [0.05, 0.1) is 6.54 Å². The van der Waals surface area contributed by atoms with Crippen molar-refractivity contribution in [3.8, 4) is 0 Å². The SMILES string of the molecule is [C-]#[N+]CCN1CCN(CCN(C)C)CC1. The second-order valence-electron chi connectivity index (χ2n) is 4.37. The van der Waals surface area contributed by atoms with E-state index in [0.29, 0.717) is 6.54 Å². The van der Waals surface area contributed by atoms with Gasteiger partial charge in [-0.05, 0) is 14.1 Å². The van der Waals surface area contributed by atoms with Crippen molar-refractivity contribution in [3.63, 3.8) is 0 Å². The number of likely N-dealkylation sites (N-methyl/N-ethyl adjacent to an activating group) is 1. The summed E-state index contributed by atoms with van der Waals surface area (Å²) in [6, 6.07) is 0. The van der Waals surface area contributed by atoms with E-state index in [0.717, 1.165) is 39.3 Å². The zero-order valence-corrected chi connectivity index (χ0v) is 9.95. The van der Waals surface area contributed by atoms with E-state index >= 15 is 0 Å². The van der Waals surface area contributed by atoms with E-state index < -0.39 is 0 Å². The topological polar surface area (TPSA) is 14.1 Å². The lowest BCUT2D eigenvalue weighted by atomic mass is 10.3. The maximum absolute atomic E-state index is 6.76. The van der Waals surface area contributed by atoms with Crippen molar-refractivity contribution in [1.82, 2.24) is 14.7 Å². The van der Waals surface area contributed by atoms with Gasteiger partial charge < -0.3 is 9.74 Å². The van der Waals surface area contributed by atoms with Crippen LogP contribution in [0.25, 0.3) is 4.85 Å². The minimum absolute atomic E-state index is 0.650. The predicted octanol–water partition coefficient (Wildman–Crippen LogP) is 0.0849. The lowest BCUT2D eigenvalue weighted by Crippen LogP contribution is -2.48. The maximum atomic E-state index is 6.76. The highest BCUT2D eigenvalue weighted by molar-refractivity contribution is 4.74. The molecule has 0 N–H and O–H groups in total. The fourth-order valence-electron chi connectivity index (χ4n) is 1.77. The molecule has 1 saturated heterocycles. The Bertz CT molecular complexity index is 201. The third-order valence-corrected chi connectivity index (χ3v) is 2.86. The third-order valence-electron chi connectivity index (χ3n) is 2.86. The largest absolute Gasteiger partial charge is 0.316 e. The fourth-order valence-corrected chi connectivity index (χ4v) is 1.77. The summed E-state index contributed by atoms with van der Waals surface area (Å²) in [5.41, 5.74) is 0. The van der Waals surface area contributed by atoms with Crippen LogP contribution in [0.5, 0.6) is 0 Å². The van der Waals surface area contributed by atoms with Gasteiger partial charge in [0, 0.05) is 39.3 Å². The summed E-state index contributed by atoms with van der Waals surface area (Å²) in [5.74, 6) is 0. The second kappa shape index (κ2) is 6.78. The van der Waals surface area contributed by atoms with Gasteiger partial charge in [-0.3, -0.25) is 9.80 Å². The van der Waals surface area contributed by atoms with Gasteiger partial charge in [-0.25, -0.2) is 6.57 Å². The highest BCUT2D eigenvalue weighted by Gasteiger charge is 2.16. The van der Waals surface area contributed by atoms with Crippen molar-refractivity contribution in [3.05, 3.63) is 11.4 Å². The average Bonchev–Trinajstić information content (AvgIpc) is 2.25. The Morgan fingerprint density at radius 3 is 2.07 bits per heavy atom. The van der Waals surface area contributed by atoms with Gasteiger partial charge in [-0.15, -0.1) is 0 Å². The first kappa shape index (κ1) is 12.4. The van der Waals surface area contributed by atoms with Crippen molar-refractivity contribution >= 4 is 0 Å². The highest BCUT2D eigenvalue weighted by atomic mass is 15.3. The number of piperazine rings is 1. The van der Waals surface area contributed by atoms with Crippen molar-refractivity contribution in [2.45, 2.75) is 0 Å². The predicted molar refractivity (Wildman–Crippen MR) is 62.9 cm³/mol. The molecule has 4 heteroatoms. The Morgan fingerprint density at radius 1 is 1.07 bits per heavy atom. The molecule has 1 heterocycles. The van der Waals surface area contributed by atoms with Crippen LogP contribution in [0.3, 0.4) is 0 Å². The normalized spacial score (nSPS) is 19.3. The van der Waals surface area contributed by atoms with Crippen LogP contribution in [0.4, 0.5) is 0 Å². The molecule has 0 bridgehead atoms. The van der Waals surface area contributed by atoms with Crippen molar-refractivity contribution in [1.29, 1.82) is 0 Å². The number of nitrogens with zero attached hydrogens (tertiary/aromatic N) is 4. The van der Waals surface area contributed by atoms with E-state index in [9.17, 15) is 0 Å². The Balaban J connectivity index is 2.10. The van der Waals surface area contributed by atoms with E-state index in [1.165, 1.54) is 6.54 Å². The molecule has 0 atom stereocenters. The molecule has 1 fully saturated rings. The summed E-state index contributed by atoms with van der Waals surface area (Å²) in [5, 5.41) is 0. The smallest absolute Gasteiger partial charge is 0.227 e. The molecule has 0 aliphatic carbocycles. The van der Waals surface area contributed by atoms with Gasteiger partial charge in [0.25, 0.3) is 0 Å². The first-order valence-corrected chi connectivity index (χ1v) is 5.65. The summed E-state index contributed by atoms with van der Waals surface area (Å²) in [6.07, 6.45) is 0. The quantitative estimate of drug-likeness (QED) is 0.597. The van der Waals surface area contributed by atoms with Crippen LogP contribution in [-0.4, -0.2) is 81.2 Å². The van der Waals surface area contributed by atoms with Gasteiger partial charge in [0.15, 0.2) is 0 Å². The molecule has 0 radical (unpaired) electrons. The molecule has 0 saturated carbocycles. The molecule has 0 aromatic heterocycles. The second-order valence-corrected chi connectivity index (χ2v) is 4.37. The minimum Gasteiger partial charge on any atom is -0.316 e. The van der Waals surface area contributed by atoms with Crippen LogP contribution in [0, 0.1) is 6.57 Å². The molecule has 86 valence electrons. The summed E-state index contributed by atoms with van der Waals surface area (Å²) in [6.45, 7) is 15.2. The molecule has 1 aliphatic rings. The van der Waals surface area contributed by atoms with Crippen LogP contribution in [0.15, 0.2) is 0 Å². The van der Waals surface area contributed by atoms with Gasteiger partial charge >= 0.3 is 0 Å². The lowest BCUT2D eigenvalue weighted by Gasteiger charge is -2.34. The molecule has 0 spiro atoms. The first-order chi connectivity index (χ1) is 7.22. The van der Waals surface area contributed by atoms with Crippen molar-refractivity contribution < 1.29 is 0 Å². The Labute approximate surface area is 93.3 Å². The van der Waals surface area contributed by atoms with Crippen molar-refractivity contribution in [2.75, 3.05) is 66.5 Å². The van der Waals surface area contributed by atoms with Gasteiger partial charge in [0.2, 0.25) is 6.54 Å². The van der Waals surface area contributed by atoms with E-state index in [1.54, 1.807) is 0 Å². The molecular weight excluding hydrogens is 188 g/mol. The van der Waals surface area contributed by atoms with Crippen LogP contribution in [-0.2, 0) is 0 Å². The molecule has 0 amide bonds. The lowest BCUT2D eigenvalue weighted by molar-refractivity contribution is 0.129. The first-order valence-electron chi connectivity index (χ1n) is 5.65. The van der Waals surface area contributed by atoms with Crippen LogP contribution in [0.1, 0.15) is 0 Å². The molecular formula is C11H22N4. The molecule has 0 aromatic carbocycles. The van der Waals surface area contributed by atoms with Crippen LogP contribution < -0.4 is 0 Å². The molecule has 0 aromatic rings. The van der Waals surface area contributed by atoms with Crippen molar-refractivity contribution in [2.24, 2.45) is 0 Å². The molecule has 15 heavy (non-hydrogen) atoms. The molecule has 1 aliphatic heterocycles. The highest BCUT2D eigenvalue weighted by Crippen LogP contribution is 2.00. The Kier molecular flexibility index (Phi) is 5.62. The molecule has 0 unspecified atom stereocenters. The summed E-state index contributed by atoms with van der Waals surface area (Å²) in [4.78, 5) is 10.5. The zero-order chi connectivity index (χ0) is 11.1. The number of rotatable bonds is 5. The van der Waals surface area contributed by atoms with E-state index in [-0.39, 0.29) is 0 Å². The van der Waals surface area contributed by atoms with Gasteiger partial charge in [-0.2, -0.15) is 0 Å². The summed E-state index contributed by atoms with van der Waals surface area (Å²) < 4.78 is 0. The third kappa shape index (κ3) is 5.12. The maximum Gasteiger partial charge on any atom is 0.227 e. The monoisotopic (exact) mass is 210 g/mol. The Morgan fingerprint density at radius 2 is 1.60 bits per heavy atom. The van der Waals surface area contributed by atoms with Crippen LogP contribution >= 0.6 is 0 Å². The molecule has 4 nitrogen and oxygen atoms in total. The standard InChI is InChI=1S/C11H22N4/c1-12-4-5-14-8-10-15(11-9-14)7-6-13(2)3/h4-11H2,2-3H3. The minimum atomic E-state index is 0.650. The number of hydrogen-bond donors (Lipinski definition) is 0. The van der Waals surface area contributed by atoms with Gasteiger partial charge in [0.1, 0.15) is 0 Å². The van der Waals surface area contributed by atoms with Crippen LogP contribution in [0.2, 0.25) is 0 Å². The summed E-state index contributed by atoms with van der Waals surface area (Å²) >= 11 is 0. The Hall–Kier alpha value is -0.630. The molecule has 1 rings (SSSR count). The van der Waals surface area contributed by atoms with E-state index in [4.69, 9.17) is 6.57 Å². The summed E-state index contributed by atoms with van der Waals surface area (Å²) in [7, 11) is 4.23. The average molecular weight is 210 g/mol. The number of hydrogen-bond acceptors (Lipinski definition) is 3. The van der Waals surface area contributed by atoms with E-state index in [1.807, 2.05) is 0 Å².